The van der Waals surface area contributed by atoms with Crippen molar-refractivity contribution in [1.82, 2.24) is 4.90 Å². The molecule has 0 spiro atoms. The topological polar surface area (TPSA) is 41.6 Å². The van der Waals surface area contributed by atoms with E-state index in [1.165, 1.54) is 81.8 Å². The largest absolute Gasteiger partial charge is 0.493 e. The van der Waals surface area contributed by atoms with Crippen molar-refractivity contribution < 1.29 is 9.53 Å². The number of unbranched alkanes of at least 4 members (excludes halogenated alkanes) is 11. The van der Waals surface area contributed by atoms with Crippen molar-refractivity contribution in [3.05, 3.63) is 70.8 Å². The Morgan fingerprint density at radius 1 is 0.881 bits per heavy atom. The van der Waals surface area contributed by atoms with Crippen molar-refractivity contribution in [3.8, 4) is 5.75 Å². The second-order valence-corrected chi connectivity index (χ2v) is 13.4. The van der Waals surface area contributed by atoms with Gasteiger partial charge in [-0.05, 0) is 40.5 Å². The fourth-order valence-corrected chi connectivity index (χ4v) is 6.03. The highest BCUT2D eigenvalue weighted by Crippen LogP contribution is 2.35. The Morgan fingerprint density at radius 2 is 1.50 bits per heavy atom. The van der Waals surface area contributed by atoms with Crippen LogP contribution < -0.4 is 10.1 Å². The minimum absolute atomic E-state index is 0. The van der Waals surface area contributed by atoms with Crippen molar-refractivity contribution in [1.29, 1.82) is 0 Å². The van der Waals surface area contributed by atoms with Gasteiger partial charge in [0.05, 0.1) is 18.9 Å². The summed E-state index contributed by atoms with van der Waals surface area (Å²) in [5.41, 5.74) is 4.14. The average Bonchev–Trinajstić information content (AvgIpc) is 3.45. The van der Waals surface area contributed by atoms with Crippen LogP contribution in [0.4, 0.5) is 5.69 Å². The Bertz CT molecular complexity index is 1070. The molecule has 0 radical (unpaired) electrons. The molecule has 0 aromatic heterocycles. The van der Waals surface area contributed by atoms with Gasteiger partial charge in [0, 0.05) is 24.0 Å². The molecule has 0 atom stereocenters. The molecule has 0 unspecified atom stereocenters. The molecule has 42 heavy (non-hydrogen) atoms. The van der Waals surface area contributed by atoms with Gasteiger partial charge in [-0.2, -0.15) is 0 Å². The van der Waals surface area contributed by atoms with Gasteiger partial charge in [0.25, 0.3) is 0 Å². The van der Waals surface area contributed by atoms with Crippen molar-refractivity contribution >= 4 is 40.3 Å². The van der Waals surface area contributed by atoms with E-state index >= 15 is 0 Å². The van der Waals surface area contributed by atoms with Gasteiger partial charge in [-0.3, -0.25) is 4.79 Å². The number of halogens is 1. The molecule has 6 heteroatoms. The molecule has 1 N–H and O–H groups in total. The van der Waals surface area contributed by atoms with Gasteiger partial charge in [-0.1, -0.05) is 129 Å². The lowest BCUT2D eigenvalue weighted by Gasteiger charge is -2.25. The Labute approximate surface area is 271 Å². The smallest absolute Gasteiger partial charge is 0.228 e. The number of rotatable bonds is 19. The molecule has 1 heterocycles. The predicted molar refractivity (Wildman–Crippen MR) is 188 cm³/mol. The van der Waals surface area contributed by atoms with E-state index in [2.05, 4.69) is 73.8 Å². The highest BCUT2D eigenvalue weighted by atomic mass is 79.9. The number of carbonyl (C=O) groups excluding carboxylic acids is 1. The molecule has 0 bridgehead atoms. The number of hydrogen-bond acceptors (Lipinski definition) is 4. The zero-order chi connectivity index (χ0) is 29.3. The van der Waals surface area contributed by atoms with Crippen LogP contribution >= 0.6 is 28.7 Å². The Morgan fingerprint density at radius 3 is 2.07 bits per heavy atom. The van der Waals surface area contributed by atoms with Crippen molar-refractivity contribution in [3.63, 3.8) is 0 Å². The molecule has 0 aliphatic carbocycles. The highest BCUT2D eigenvalue weighted by molar-refractivity contribution is 8.93. The fourth-order valence-electron chi connectivity index (χ4n) is 5.32. The van der Waals surface area contributed by atoms with Gasteiger partial charge >= 0.3 is 0 Å². The zero-order valence-electron chi connectivity index (χ0n) is 26.6. The normalized spacial score (nSPS) is 12.8. The molecule has 1 aliphatic rings. The maximum Gasteiger partial charge on any atom is 0.228 e. The molecule has 2 aromatic carbocycles. The van der Waals surface area contributed by atoms with E-state index in [0.29, 0.717) is 13.0 Å². The minimum atomic E-state index is -0.0583. The lowest BCUT2D eigenvalue weighted by atomic mass is 9.84. The maximum atomic E-state index is 13.1. The average molecular weight is 660 g/mol. The Hall–Kier alpha value is -1.92. The van der Waals surface area contributed by atoms with Crippen LogP contribution in [0.25, 0.3) is 0 Å². The summed E-state index contributed by atoms with van der Waals surface area (Å²) in [4.78, 5) is 15.3. The van der Waals surface area contributed by atoms with E-state index in [-0.39, 0.29) is 28.3 Å². The molecule has 0 fully saturated rings. The molecular weight excluding hydrogens is 604 g/mol. The number of benzene rings is 2. The van der Waals surface area contributed by atoms with E-state index < -0.39 is 0 Å². The summed E-state index contributed by atoms with van der Waals surface area (Å²) >= 11 is 1.81. The molecular formula is C36H55BrN2O2S. The number of amides is 1. The molecule has 0 saturated heterocycles. The summed E-state index contributed by atoms with van der Waals surface area (Å²) < 4.78 is 6.42. The summed E-state index contributed by atoms with van der Waals surface area (Å²) in [6.07, 6.45) is 18.4. The van der Waals surface area contributed by atoms with Gasteiger partial charge < -0.3 is 15.0 Å². The molecule has 3 rings (SSSR count). The number of nitrogens with zero attached hydrogens (tertiary/aromatic N) is 1. The third kappa shape index (κ3) is 13.6. The number of para-hydroxylation sites is 1. The maximum absolute atomic E-state index is 13.1. The second kappa shape index (κ2) is 20.1. The SMILES string of the molecule is Br.CCCCCCCCCCCCCCOc1c(CC(=O)Nc2ccc(CN3C=CSC3)cc2)cccc1C(C)(C)C. The molecule has 0 saturated carbocycles. The quantitative estimate of drug-likeness (QED) is 0.152. The van der Waals surface area contributed by atoms with Crippen LogP contribution in [0, 0.1) is 0 Å². The summed E-state index contributed by atoms with van der Waals surface area (Å²) in [6.45, 7) is 10.5. The summed E-state index contributed by atoms with van der Waals surface area (Å²) in [5.74, 6) is 1.87. The van der Waals surface area contributed by atoms with E-state index in [1.54, 1.807) is 0 Å². The van der Waals surface area contributed by atoms with E-state index in [0.717, 1.165) is 35.8 Å². The standard InChI is InChI=1S/C36H54N2O2S.BrH/c1-5-6-7-8-9-10-11-12-13-14-15-16-25-40-35-31(18-17-19-33(35)36(2,3)4)27-34(39)37-32-22-20-30(21-23-32)28-38-24-26-41-29-38;/h17-24,26H,5-16,25,27-29H2,1-4H3,(H,37,39);1H. The summed E-state index contributed by atoms with van der Waals surface area (Å²) in [6, 6.07) is 14.4. The van der Waals surface area contributed by atoms with Crippen molar-refractivity contribution in [2.45, 2.75) is 123 Å². The number of anilines is 1. The third-order valence-corrected chi connectivity index (χ3v) is 8.53. The number of ether oxygens (including phenoxy) is 1. The van der Waals surface area contributed by atoms with Crippen LogP contribution in [-0.2, 0) is 23.2 Å². The van der Waals surface area contributed by atoms with Gasteiger partial charge in [0.1, 0.15) is 5.75 Å². The van der Waals surface area contributed by atoms with E-state index in [4.69, 9.17) is 4.74 Å². The van der Waals surface area contributed by atoms with Crippen LogP contribution in [0.15, 0.2) is 54.1 Å². The molecule has 1 aliphatic heterocycles. The second-order valence-electron chi connectivity index (χ2n) is 12.5. The van der Waals surface area contributed by atoms with Gasteiger partial charge in [-0.15, -0.1) is 28.7 Å². The lowest BCUT2D eigenvalue weighted by molar-refractivity contribution is -0.115. The van der Waals surface area contributed by atoms with Crippen molar-refractivity contribution in [2.75, 3.05) is 17.8 Å². The van der Waals surface area contributed by atoms with Crippen LogP contribution in [0.1, 0.15) is 121 Å². The first-order valence-electron chi connectivity index (χ1n) is 16.0. The first-order valence-corrected chi connectivity index (χ1v) is 17.1. The van der Waals surface area contributed by atoms with E-state index in [9.17, 15) is 4.79 Å². The molecule has 234 valence electrons. The van der Waals surface area contributed by atoms with Crippen LogP contribution in [0.2, 0.25) is 0 Å². The monoisotopic (exact) mass is 658 g/mol. The molecule has 4 nitrogen and oxygen atoms in total. The van der Waals surface area contributed by atoms with Crippen LogP contribution in [-0.4, -0.2) is 23.3 Å². The Kier molecular flexibility index (Phi) is 17.4. The first-order chi connectivity index (χ1) is 19.9. The zero-order valence-corrected chi connectivity index (χ0v) is 29.1. The van der Waals surface area contributed by atoms with Gasteiger partial charge in [0.15, 0.2) is 0 Å². The first kappa shape index (κ1) is 36.3. The van der Waals surface area contributed by atoms with E-state index in [1.807, 2.05) is 30.0 Å². The Balaban J connectivity index is 0.00000616. The fraction of sp³-hybridized carbons (Fsp3) is 0.583. The predicted octanol–water partition coefficient (Wildman–Crippen LogP) is 10.8. The third-order valence-electron chi connectivity index (χ3n) is 7.73. The highest BCUT2D eigenvalue weighted by Gasteiger charge is 2.22. The number of hydrogen-bond donors (Lipinski definition) is 1. The number of nitrogens with one attached hydrogen (secondary N) is 1. The number of carbonyl (C=O) groups is 1. The van der Waals surface area contributed by atoms with Crippen LogP contribution in [0.5, 0.6) is 5.75 Å². The lowest BCUT2D eigenvalue weighted by Crippen LogP contribution is -2.19. The summed E-state index contributed by atoms with van der Waals surface area (Å²) in [5, 5.41) is 5.21. The van der Waals surface area contributed by atoms with Crippen LogP contribution in [0.3, 0.4) is 0 Å². The molecule has 1 amide bonds. The summed E-state index contributed by atoms with van der Waals surface area (Å²) in [7, 11) is 0. The molecule has 2 aromatic rings. The minimum Gasteiger partial charge on any atom is -0.493 e. The van der Waals surface area contributed by atoms with Gasteiger partial charge in [0.2, 0.25) is 5.91 Å². The number of thioether (sulfide) groups is 1. The van der Waals surface area contributed by atoms with Gasteiger partial charge in [-0.25, -0.2) is 0 Å². The van der Waals surface area contributed by atoms with Crippen molar-refractivity contribution in [2.24, 2.45) is 0 Å².